The Morgan fingerprint density at radius 2 is 2.19 bits per heavy atom. The van der Waals surface area contributed by atoms with Crippen molar-refractivity contribution in [1.82, 2.24) is 0 Å². The molecule has 82 valence electrons. The zero-order chi connectivity index (χ0) is 11.5. The number of hydrogen-bond donors (Lipinski definition) is 1. The molecule has 6 nitrogen and oxygen atoms in total. The van der Waals surface area contributed by atoms with Crippen molar-refractivity contribution >= 4 is 5.70 Å². The van der Waals surface area contributed by atoms with Crippen molar-refractivity contribution in [3.8, 4) is 11.5 Å². The van der Waals surface area contributed by atoms with Gasteiger partial charge in [-0.15, -0.1) is 0 Å². The third-order valence-electron chi connectivity index (χ3n) is 2.14. The third kappa shape index (κ3) is 1.59. The average molecular weight is 221 g/mol. The molecule has 0 fully saturated rings. The minimum Gasteiger partial charge on any atom is -0.475 e. The SMILES string of the molecule is CO/C(O)=C(\[N+]#N)c1ccc2c(c1)OCO2. The van der Waals surface area contributed by atoms with Gasteiger partial charge in [-0.1, -0.05) is 0 Å². The van der Waals surface area contributed by atoms with Crippen molar-refractivity contribution in [3.63, 3.8) is 0 Å². The van der Waals surface area contributed by atoms with E-state index in [9.17, 15) is 5.11 Å². The Hall–Kier alpha value is -2.42. The molecule has 0 bridgehead atoms. The predicted octanol–water partition coefficient (Wildman–Crippen LogP) is 2.10. The number of fused-ring (bicyclic) bond motifs is 1. The Labute approximate surface area is 91.3 Å². The molecule has 16 heavy (non-hydrogen) atoms. The summed E-state index contributed by atoms with van der Waals surface area (Å²) >= 11 is 0. The van der Waals surface area contributed by atoms with Crippen LogP contribution in [0.4, 0.5) is 0 Å². The molecule has 1 heterocycles. The van der Waals surface area contributed by atoms with Gasteiger partial charge in [0.1, 0.15) is 0 Å². The molecule has 1 aromatic carbocycles. The van der Waals surface area contributed by atoms with Crippen molar-refractivity contribution in [2.24, 2.45) is 0 Å². The first kappa shape index (κ1) is 10.1. The maximum atomic E-state index is 9.35. The smallest absolute Gasteiger partial charge is 0.471 e. The van der Waals surface area contributed by atoms with Gasteiger partial charge in [-0.3, -0.25) is 0 Å². The third-order valence-corrected chi connectivity index (χ3v) is 2.14. The largest absolute Gasteiger partial charge is 0.475 e. The lowest BCUT2D eigenvalue weighted by Gasteiger charge is -1.97. The summed E-state index contributed by atoms with van der Waals surface area (Å²) in [4.78, 5) is 2.96. The van der Waals surface area contributed by atoms with Crippen LogP contribution in [0.2, 0.25) is 0 Å². The van der Waals surface area contributed by atoms with E-state index < -0.39 is 5.95 Å². The molecular formula is C10H9N2O4+. The monoisotopic (exact) mass is 221 g/mol. The van der Waals surface area contributed by atoms with Gasteiger partial charge in [-0.05, 0) is 18.2 Å². The topological polar surface area (TPSA) is 76.1 Å². The highest BCUT2D eigenvalue weighted by molar-refractivity contribution is 5.72. The van der Waals surface area contributed by atoms with Crippen LogP contribution in [-0.4, -0.2) is 19.0 Å². The second-order valence-corrected chi connectivity index (χ2v) is 3.03. The number of nitrogens with zero attached hydrogens (tertiary/aromatic N) is 2. The van der Waals surface area contributed by atoms with Crippen LogP contribution in [0.15, 0.2) is 24.1 Å². The first-order chi connectivity index (χ1) is 7.76. The van der Waals surface area contributed by atoms with Crippen LogP contribution in [0, 0.1) is 5.39 Å². The average Bonchev–Trinajstić information content (AvgIpc) is 2.77. The van der Waals surface area contributed by atoms with E-state index >= 15 is 0 Å². The molecule has 0 unspecified atom stereocenters. The molecule has 0 amide bonds. The molecule has 0 saturated heterocycles. The number of benzene rings is 1. The Morgan fingerprint density at radius 1 is 1.44 bits per heavy atom. The second-order valence-electron chi connectivity index (χ2n) is 3.03. The van der Waals surface area contributed by atoms with E-state index in [-0.39, 0.29) is 12.5 Å². The normalized spacial score (nSPS) is 14.0. The highest BCUT2D eigenvalue weighted by atomic mass is 16.7. The van der Waals surface area contributed by atoms with Gasteiger partial charge in [0, 0.05) is 0 Å². The van der Waals surface area contributed by atoms with Crippen LogP contribution in [0.1, 0.15) is 5.56 Å². The maximum Gasteiger partial charge on any atom is 0.471 e. The molecule has 0 radical (unpaired) electrons. The first-order valence-electron chi connectivity index (χ1n) is 4.48. The van der Waals surface area contributed by atoms with Gasteiger partial charge >= 0.3 is 11.6 Å². The lowest BCUT2D eigenvalue weighted by molar-refractivity contribution is 0.139. The molecule has 0 aromatic heterocycles. The fraction of sp³-hybridized carbons (Fsp3) is 0.200. The number of aliphatic hydroxyl groups excluding tert-OH is 1. The molecule has 0 spiro atoms. The lowest BCUT2D eigenvalue weighted by atomic mass is 10.1. The highest BCUT2D eigenvalue weighted by Crippen LogP contribution is 2.35. The van der Waals surface area contributed by atoms with E-state index in [0.717, 1.165) is 0 Å². The van der Waals surface area contributed by atoms with Crippen molar-refractivity contribution in [2.45, 2.75) is 0 Å². The van der Waals surface area contributed by atoms with Gasteiger partial charge in [0.05, 0.1) is 12.7 Å². The van der Waals surface area contributed by atoms with Gasteiger partial charge in [0.25, 0.3) is 0 Å². The summed E-state index contributed by atoms with van der Waals surface area (Å²) in [6, 6.07) is 4.87. The van der Waals surface area contributed by atoms with Crippen LogP contribution in [0.25, 0.3) is 10.7 Å². The zero-order valence-corrected chi connectivity index (χ0v) is 8.51. The molecule has 1 aliphatic heterocycles. The van der Waals surface area contributed by atoms with E-state index in [0.29, 0.717) is 17.1 Å². The van der Waals surface area contributed by atoms with Crippen LogP contribution in [0.3, 0.4) is 0 Å². The van der Waals surface area contributed by atoms with Gasteiger partial charge in [-0.25, -0.2) is 0 Å². The quantitative estimate of drug-likeness (QED) is 0.611. The predicted molar refractivity (Wildman–Crippen MR) is 54.2 cm³/mol. The highest BCUT2D eigenvalue weighted by Gasteiger charge is 2.26. The van der Waals surface area contributed by atoms with E-state index in [2.05, 4.69) is 9.71 Å². The Bertz CT molecular complexity index is 490. The standard InChI is InChI=1S/C10H8N2O4/c1-14-10(13)9(12-11)6-2-3-7-8(4-6)16-5-15-7/h2-4H,5H2,1H3/p+1/b10-9-. The summed E-state index contributed by atoms with van der Waals surface area (Å²) < 4.78 is 14.9. The molecule has 6 heteroatoms. The van der Waals surface area contributed by atoms with Crippen LogP contribution in [0.5, 0.6) is 11.5 Å². The molecule has 1 aromatic rings. The van der Waals surface area contributed by atoms with Gasteiger partial charge < -0.3 is 19.3 Å². The number of diazo groups is 1. The van der Waals surface area contributed by atoms with Gasteiger partial charge in [0.15, 0.2) is 16.5 Å². The summed E-state index contributed by atoms with van der Waals surface area (Å²) in [5.41, 5.74) is 0.395. The van der Waals surface area contributed by atoms with E-state index in [1.54, 1.807) is 18.2 Å². The summed E-state index contributed by atoms with van der Waals surface area (Å²) in [6.45, 7) is 0.157. The minimum absolute atomic E-state index is 0.0687. The lowest BCUT2D eigenvalue weighted by Crippen LogP contribution is -1.93. The molecule has 1 aliphatic rings. The van der Waals surface area contributed by atoms with Crippen LogP contribution >= 0.6 is 0 Å². The number of methoxy groups -OCH3 is 1. The van der Waals surface area contributed by atoms with Crippen molar-refractivity contribution < 1.29 is 19.3 Å². The van der Waals surface area contributed by atoms with Crippen LogP contribution < -0.4 is 9.47 Å². The molecule has 0 aliphatic carbocycles. The number of rotatable bonds is 2. The van der Waals surface area contributed by atoms with E-state index in [4.69, 9.17) is 14.9 Å². The molecule has 2 rings (SSSR count). The molecule has 0 saturated carbocycles. The molecular weight excluding hydrogens is 212 g/mol. The van der Waals surface area contributed by atoms with Gasteiger partial charge in [-0.2, -0.15) is 0 Å². The fourth-order valence-corrected chi connectivity index (χ4v) is 1.36. The van der Waals surface area contributed by atoms with Crippen LogP contribution in [-0.2, 0) is 4.74 Å². The van der Waals surface area contributed by atoms with Crippen molar-refractivity contribution in [1.29, 1.82) is 5.39 Å². The minimum atomic E-state index is -0.471. The molecule has 0 atom stereocenters. The zero-order valence-electron chi connectivity index (χ0n) is 8.51. The fourth-order valence-electron chi connectivity index (χ4n) is 1.36. The maximum absolute atomic E-state index is 9.35. The second kappa shape index (κ2) is 3.98. The summed E-state index contributed by atoms with van der Waals surface area (Å²) in [5.74, 6) is 0.668. The number of hydrogen-bond acceptors (Lipinski definition) is 5. The summed E-state index contributed by atoms with van der Waals surface area (Å²) in [6.07, 6.45) is 0. The Morgan fingerprint density at radius 3 is 2.88 bits per heavy atom. The van der Waals surface area contributed by atoms with Crippen molar-refractivity contribution in [2.75, 3.05) is 13.9 Å². The molecule has 1 N–H and O–H groups in total. The summed E-state index contributed by atoms with van der Waals surface area (Å²) in [5, 5.41) is 18.1. The van der Waals surface area contributed by atoms with E-state index in [1.807, 2.05) is 0 Å². The van der Waals surface area contributed by atoms with Crippen molar-refractivity contribution in [3.05, 3.63) is 34.7 Å². The Kier molecular flexibility index (Phi) is 2.52. The first-order valence-corrected chi connectivity index (χ1v) is 4.48. The van der Waals surface area contributed by atoms with E-state index in [1.165, 1.54) is 7.11 Å². The van der Waals surface area contributed by atoms with Gasteiger partial charge in [0.2, 0.25) is 12.2 Å². The number of ether oxygens (including phenoxy) is 3. The Balaban J connectivity index is 2.46. The number of aliphatic hydroxyl groups is 1. The summed E-state index contributed by atoms with van der Waals surface area (Å²) in [7, 11) is 1.27.